The monoisotopic (exact) mass is 166 g/mol. The Bertz CT molecular complexity index is 198. The Morgan fingerprint density at radius 3 is 3.17 bits per heavy atom. The summed E-state index contributed by atoms with van der Waals surface area (Å²) in [5, 5.41) is 0. The van der Waals surface area contributed by atoms with Gasteiger partial charge in [0.25, 0.3) is 0 Å². The standard InChI is InChI=1S/C10H14O2/c1-2-8-5-6-9-10(12-8)4-3-7-11-9/h2,5-6,8-10H,1,3-4,7H2/t8-,9+,10-/m0/s1. The smallest absolute Gasteiger partial charge is 0.102 e. The lowest BCUT2D eigenvalue weighted by Crippen LogP contribution is -2.39. The molecule has 1 fully saturated rings. The van der Waals surface area contributed by atoms with Crippen molar-refractivity contribution in [2.24, 2.45) is 0 Å². The molecule has 12 heavy (non-hydrogen) atoms. The second kappa shape index (κ2) is 3.42. The van der Waals surface area contributed by atoms with E-state index in [-0.39, 0.29) is 18.3 Å². The summed E-state index contributed by atoms with van der Waals surface area (Å²) in [5.41, 5.74) is 0. The highest BCUT2D eigenvalue weighted by molar-refractivity contribution is 5.08. The molecule has 0 aromatic heterocycles. The van der Waals surface area contributed by atoms with Gasteiger partial charge in [-0.1, -0.05) is 18.2 Å². The SMILES string of the molecule is C=C[C@H]1C=C[C@H]2OCCC[C@@H]2O1. The van der Waals surface area contributed by atoms with Gasteiger partial charge in [0.2, 0.25) is 0 Å². The van der Waals surface area contributed by atoms with Gasteiger partial charge in [-0.2, -0.15) is 0 Å². The first-order chi connectivity index (χ1) is 5.90. The van der Waals surface area contributed by atoms with Gasteiger partial charge < -0.3 is 9.47 Å². The molecule has 2 heteroatoms. The molecule has 0 amide bonds. The van der Waals surface area contributed by atoms with Crippen LogP contribution in [0.5, 0.6) is 0 Å². The van der Waals surface area contributed by atoms with E-state index < -0.39 is 0 Å². The molecule has 0 radical (unpaired) electrons. The summed E-state index contributed by atoms with van der Waals surface area (Å²) < 4.78 is 11.2. The number of fused-ring (bicyclic) bond motifs is 1. The molecule has 2 rings (SSSR count). The van der Waals surface area contributed by atoms with Gasteiger partial charge >= 0.3 is 0 Å². The molecule has 1 saturated heterocycles. The van der Waals surface area contributed by atoms with E-state index in [1.54, 1.807) is 0 Å². The van der Waals surface area contributed by atoms with Gasteiger partial charge in [0.15, 0.2) is 0 Å². The zero-order chi connectivity index (χ0) is 8.39. The molecule has 2 aliphatic heterocycles. The van der Waals surface area contributed by atoms with Gasteiger partial charge in [-0.15, -0.1) is 6.58 Å². The first kappa shape index (κ1) is 8.02. The Morgan fingerprint density at radius 2 is 2.33 bits per heavy atom. The van der Waals surface area contributed by atoms with E-state index in [2.05, 4.69) is 12.7 Å². The zero-order valence-corrected chi connectivity index (χ0v) is 7.11. The Hall–Kier alpha value is -0.600. The largest absolute Gasteiger partial charge is 0.371 e. The lowest BCUT2D eigenvalue weighted by Gasteiger charge is -2.34. The average Bonchev–Trinajstić information content (AvgIpc) is 2.17. The predicted molar refractivity (Wildman–Crippen MR) is 47.0 cm³/mol. The highest BCUT2D eigenvalue weighted by atomic mass is 16.5. The van der Waals surface area contributed by atoms with Crippen molar-refractivity contribution in [1.82, 2.24) is 0 Å². The molecule has 0 unspecified atom stereocenters. The van der Waals surface area contributed by atoms with Gasteiger partial charge in [0.05, 0.1) is 12.2 Å². The van der Waals surface area contributed by atoms with Crippen LogP contribution in [0.2, 0.25) is 0 Å². The highest BCUT2D eigenvalue weighted by Gasteiger charge is 2.28. The van der Waals surface area contributed by atoms with Crippen LogP contribution in [0.1, 0.15) is 12.8 Å². The summed E-state index contributed by atoms with van der Waals surface area (Å²) in [5.74, 6) is 0. The van der Waals surface area contributed by atoms with Crippen LogP contribution in [0, 0.1) is 0 Å². The molecule has 2 nitrogen and oxygen atoms in total. The zero-order valence-electron chi connectivity index (χ0n) is 7.11. The number of ether oxygens (including phenoxy) is 2. The van der Waals surface area contributed by atoms with Crippen LogP contribution in [0.15, 0.2) is 24.8 Å². The van der Waals surface area contributed by atoms with E-state index in [0.29, 0.717) is 0 Å². The average molecular weight is 166 g/mol. The van der Waals surface area contributed by atoms with Crippen LogP contribution in [0.4, 0.5) is 0 Å². The number of hydrogen-bond donors (Lipinski definition) is 0. The molecule has 0 bridgehead atoms. The van der Waals surface area contributed by atoms with E-state index in [0.717, 1.165) is 19.4 Å². The maximum atomic E-state index is 5.71. The Morgan fingerprint density at radius 1 is 1.42 bits per heavy atom. The van der Waals surface area contributed by atoms with Gasteiger partial charge in [-0.25, -0.2) is 0 Å². The van der Waals surface area contributed by atoms with E-state index in [4.69, 9.17) is 9.47 Å². The maximum Gasteiger partial charge on any atom is 0.102 e. The van der Waals surface area contributed by atoms with Gasteiger partial charge in [-0.3, -0.25) is 0 Å². The first-order valence-corrected chi connectivity index (χ1v) is 4.48. The second-order valence-corrected chi connectivity index (χ2v) is 3.24. The van der Waals surface area contributed by atoms with Crippen molar-refractivity contribution in [2.75, 3.05) is 6.61 Å². The molecule has 0 spiro atoms. The topological polar surface area (TPSA) is 18.5 Å². The maximum absolute atomic E-state index is 5.71. The van der Waals surface area contributed by atoms with Crippen LogP contribution in [-0.2, 0) is 9.47 Å². The predicted octanol–water partition coefficient (Wildman–Crippen LogP) is 1.68. The van der Waals surface area contributed by atoms with Crippen molar-refractivity contribution in [2.45, 2.75) is 31.2 Å². The van der Waals surface area contributed by atoms with E-state index in [9.17, 15) is 0 Å². The van der Waals surface area contributed by atoms with Gasteiger partial charge in [0, 0.05) is 6.61 Å². The molecule has 66 valence electrons. The Labute approximate surface area is 72.9 Å². The van der Waals surface area contributed by atoms with Crippen molar-refractivity contribution in [3.63, 3.8) is 0 Å². The number of hydrogen-bond acceptors (Lipinski definition) is 2. The minimum absolute atomic E-state index is 0.0907. The third-order valence-corrected chi connectivity index (χ3v) is 2.36. The fourth-order valence-corrected chi connectivity index (χ4v) is 1.70. The summed E-state index contributed by atoms with van der Waals surface area (Å²) in [6.07, 6.45) is 8.69. The summed E-state index contributed by atoms with van der Waals surface area (Å²) in [4.78, 5) is 0. The highest BCUT2D eigenvalue weighted by Crippen LogP contribution is 2.24. The van der Waals surface area contributed by atoms with Crippen molar-refractivity contribution >= 4 is 0 Å². The van der Waals surface area contributed by atoms with Crippen LogP contribution in [0.25, 0.3) is 0 Å². The molecule has 0 saturated carbocycles. The first-order valence-electron chi connectivity index (χ1n) is 4.48. The van der Waals surface area contributed by atoms with E-state index in [1.165, 1.54) is 0 Å². The normalized spacial score (nSPS) is 40.5. The Balaban J connectivity index is 2.05. The fourth-order valence-electron chi connectivity index (χ4n) is 1.70. The molecule has 0 aromatic rings. The number of rotatable bonds is 1. The van der Waals surface area contributed by atoms with E-state index >= 15 is 0 Å². The fraction of sp³-hybridized carbons (Fsp3) is 0.600. The molecule has 0 aliphatic carbocycles. The summed E-state index contributed by atoms with van der Waals surface area (Å²) in [6.45, 7) is 4.57. The molecule has 2 heterocycles. The molecule has 3 atom stereocenters. The molecule has 0 aromatic carbocycles. The Kier molecular flexibility index (Phi) is 2.28. The quantitative estimate of drug-likeness (QED) is 0.552. The van der Waals surface area contributed by atoms with Crippen molar-refractivity contribution < 1.29 is 9.47 Å². The van der Waals surface area contributed by atoms with Crippen molar-refractivity contribution in [3.05, 3.63) is 24.8 Å². The van der Waals surface area contributed by atoms with Crippen LogP contribution < -0.4 is 0 Å². The van der Waals surface area contributed by atoms with Gasteiger partial charge in [0.1, 0.15) is 6.10 Å². The third-order valence-electron chi connectivity index (χ3n) is 2.36. The lowest BCUT2D eigenvalue weighted by atomic mass is 10.0. The summed E-state index contributed by atoms with van der Waals surface area (Å²) >= 11 is 0. The van der Waals surface area contributed by atoms with Crippen LogP contribution >= 0.6 is 0 Å². The molecular formula is C10H14O2. The summed E-state index contributed by atoms with van der Waals surface area (Å²) in [7, 11) is 0. The third kappa shape index (κ3) is 1.45. The second-order valence-electron chi connectivity index (χ2n) is 3.24. The molecule has 2 aliphatic rings. The van der Waals surface area contributed by atoms with Gasteiger partial charge in [-0.05, 0) is 12.8 Å². The molecule has 0 N–H and O–H groups in total. The van der Waals surface area contributed by atoms with Crippen molar-refractivity contribution in [1.29, 1.82) is 0 Å². The van der Waals surface area contributed by atoms with E-state index in [1.807, 2.05) is 12.2 Å². The molecular weight excluding hydrogens is 152 g/mol. The summed E-state index contributed by atoms with van der Waals surface area (Å²) in [6, 6.07) is 0. The van der Waals surface area contributed by atoms with Crippen LogP contribution in [-0.4, -0.2) is 24.9 Å². The van der Waals surface area contributed by atoms with Crippen molar-refractivity contribution in [3.8, 4) is 0 Å². The van der Waals surface area contributed by atoms with Crippen LogP contribution in [0.3, 0.4) is 0 Å². The minimum atomic E-state index is 0.0907. The lowest BCUT2D eigenvalue weighted by molar-refractivity contribution is -0.101. The minimum Gasteiger partial charge on any atom is -0.371 e.